The lowest BCUT2D eigenvalue weighted by Crippen LogP contribution is -2.66. The van der Waals surface area contributed by atoms with Gasteiger partial charge in [0.2, 0.25) is 0 Å². The molecule has 0 radical (unpaired) electrons. The highest BCUT2D eigenvalue weighted by molar-refractivity contribution is 5.07. The van der Waals surface area contributed by atoms with Gasteiger partial charge in [-0.25, -0.2) is 0 Å². The maximum Gasteiger partial charge on any atom is 0.00508 e. The zero-order valence-electron chi connectivity index (χ0n) is 12.1. The third kappa shape index (κ3) is 1.68. The highest BCUT2D eigenvalue weighted by Gasteiger charge is 2.54. The van der Waals surface area contributed by atoms with Gasteiger partial charge in [0.25, 0.3) is 0 Å². The van der Waals surface area contributed by atoms with Crippen LogP contribution in [0.1, 0.15) is 39.0 Å². The minimum Gasteiger partial charge on any atom is -0.305 e. The van der Waals surface area contributed by atoms with Crippen molar-refractivity contribution in [2.75, 3.05) is 39.8 Å². The third-order valence-electron chi connectivity index (χ3n) is 6.31. The first kappa shape index (κ1) is 11.7. The van der Waals surface area contributed by atoms with Gasteiger partial charge in [-0.1, -0.05) is 13.3 Å². The molecule has 4 rings (SSSR count). The summed E-state index contributed by atoms with van der Waals surface area (Å²) >= 11 is 0. The zero-order chi connectivity index (χ0) is 12.4. The van der Waals surface area contributed by atoms with Gasteiger partial charge in [0.05, 0.1) is 0 Å². The summed E-state index contributed by atoms with van der Waals surface area (Å²) in [6.45, 7) is 9.42. The molecule has 18 heavy (non-hydrogen) atoms. The number of rotatable bonds is 3. The van der Waals surface area contributed by atoms with Crippen molar-refractivity contribution in [1.29, 1.82) is 0 Å². The molecule has 2 nitrogen and oxygen atoms in total. The molecule has 0 aromatic rings. The predicted octanol–water partition coefficient (Wildman–Crippen LogP) is 2.45. The van der Waals surface area contributed by atoms with E-state index in [0.717, 1.165) is 22.7 Å². The second-order valence-corrected chi connectivity index (χ2v) is 8.30. The Kier molecular flexibility index (Phi) is 2.43. The fourth-order valence-electron chi connectivity index (χ4n) is 5.76. The SMILES string of the molecule is CCC1CC2(C1)CN(CC1CC3(C1)CN(C)C3)C2. The van der Waals surface area contributed by atoms with Crippen LogP contribution in [0.2, 0.25) is 0 Å². The smallest absolute Gasteiger partial charge is 0.00508 e. The number of hydrogen-bond donors (Lipinski definition) is 0. The molecular weight excluding hydrogens is 220 g/mol. The summed E-state index contributed by atoms with van der Waals surface area (Å²) in [5.74, 6) is 2.11. The van der Waals surface area contributed by atoms with E-state index in [4.69, 9.17) is 0 Å². The Balaban J connectivity index is 1.17. The van der Waals surface area contributed by atoms with Crippen LogP contribution in [0.4, 0.5) is 0 Å². The molecule has 0 bridgehead atoms. The fraction of sp³-hybridized carbons (Fsp3) is 1.00. The summed E-state index contributed by atoms with van der Waals surface area (Å²) in [6, 6.07) is 0. The Bertz CT molecular complexity index is 323. The van der Waals surface area contributed by atoms with Crippen LogP contribution in [0, 0.1) is 22.7 Å². The van der Waals surface area contributed by atoms with Crippen LogP contribution < -0.4 is 0 Å². The molecule has 0 atom stereocenters. The van der Waals surface area contributed by atoms with Crippen molar-refractivity contribution in [3.8, 4) is 0 Å². The van der Waals surface area contributed by atoms with E-state index in [1.54, 1.807) is 12.8 Å². The van der Waals surface area contributed by atoms with Gasteiger partial charge in [-0.05, 0) is 55.4 Å². The van der Waals surface area contributed by atoms with Crippen LogP contribution in [0.3, 0.4) is 0 Å². The minimum absolute atomic E-state index is 0.783. The van der Waals surface area contributed by atoms with Crippen LogP contribution in [-0.4, -0.2) is 49.6 Å². The molecule has 2 aliphatic heterocycles. The van der Waals surface area contributed by atoms with Crippen molar-refractivity contribution in [2.45, 2.75) is 39.0 Å². The average molecular weight is 248 g/mol. The standard InChI is InChI=1S/C16H28N2/c1-3-13-4-16(5-13)11-18(12-16)8-14-6-15(7-14)9-17(2)10-15/h13-14H,3-12H2,1-2H3. The summed E-state index contributed by atoms with van der Waals surface area (Å²) in [5, 5.41) is 0. The molecule has 0 aromatic heterocycles. The molecule has 2 spiro atoms. The Morgan fingerprint density at radius 3 is 2.00 bits per heavy atom. The second-order valence-electron chi connectivity index (χ2n) is 8.30. The largest absolute Gasteiger partial charge is 0.305 e. The van der Waals surface area contributed by atoms with E-state index in [1.807, 2.05) is 0 Å². The molecule has 0 aromatic carbocycles. The molecule has 4 fully saturated rings. The van der Waals surface area contributed by atoms with E-state index in [-0.39, 0.29) is 0 Å². The van der Waals surface area contributed by atoms with Crippen LogP contribution in [0.25, 0.3) is 0 Å². The summed E-state index contributed by atoms with van der Waals surface area (Å²) < 4.78 is 0. The minimum atomic E-state index is 0.783. The number of likely N-dealkylation sites (tertiary alicyclic amines) is 2. The molecule has 102 valence electrons. The fourth-order valence-corrected chi connectivity index (χ4v) is 5.76. The lowest BCUT2D eigenvalue weighted by molar-refractivity contribution is -0.131. The topological polar surface area (TPSA) is 6.48 Å². The summed E-state index contributed by atoms with van der Waals surface area (Å²) in [7, 11) is 2.26. The monoisotopic (exact) mass is 248 g/mol. The quantitative estimate of drug-likeness (QED) is 0.757. The van der Waals surface area contributed by atoms with Crippen molar-refractivity contribution in [3.63, 3.8) is 0 Å². The van der Waals surface area contributed by atoms with Gasteiger partial charge in [-0.3, -0.25) is 0 Å². The molecule has 2 saturated heterocycles. The molecule has 0 unspecified atom stereocenters. The highest BCUT2D eigenvalue weighted by atomic mass is 15.2. The molecule has 4 aliphatic rings. The van der Waals surface area contributed by atoms with Gasteiger partial charge in [0.15, 0.2) is 0 Å². The molecule has 2 saturated carbocycles. The van der Waals surface area contributed by atoms with E-state index in [2.05, 4.69) is 23.8 Å². The number of hydrogen-bond acceptors (Lipinski definition) is 2. The first-order valence-electron chi connectivity index (χ1n) is 8.01. The zero-order valence-corrected chi connectivity index (χ0v) is 12.1. The summed E-state index contributed by atoms with van der Waals surface area (Å²) in [6.07, 6.45) is 7.55. The normalized spacial score (nSPS) is 38.0. The van der Waals surface area contributed by atoms with Gasteiger partial charge in [0, 0.05) is 32.7 Å². The Morgan fingerprint density at radius 1 is 0.889 bits per heavy atom. The lowest BCUT2D eigenvalue weighted by atomic mass is 9.55. The first-order valence-corrected chi connectivity index (χ1v) is 8.01. The number of nitrogens with zero attached hydrogens (tertiary/aromatic N) is 2. The van der Waals surface area contributed by atoms with E-state index in [9.17, 15) is 0 Å². The lowest BCUT2D eigenvalue weighted by Gasteiger charge is -2.63. The molecule has 0 N–H and O–H groups in total. The van der Waals surface area contributed by atoms with Crippen LogP contribution in [-0.2, 0) is 0 Å². The van der Waals surface area contributed by atoms with E-state index >= 15 is 0 Å². The van der Waals surface area contributed by atoms with E-state index in [1.165, 1.54) is 52.0 Å². The van der Waals surface area contributed by atoms with Crippen molar-refractivity contribution >= 4 is 0 Å². The van der Waals surface area contributed by atoms with Gasteiger partial charge >= 0.3 is 0 Å². The second kappa shape index (κ2) is 3.73. The molecular formula is C16H28N2. The summed E-state index contributed by atoms with van der Waals surface area (Å²) in [5.41, 5.74) is 1.59. The molecule has 0 amide bonds. The van der Waals surface area contributed by atoms with E-state index in [0.29, 0.717) is 0 Å². The van der Waals surface area contributed by atoms with E-state index < -0.39 is 0 Å². The van der Waals surface area contributed by atoms with Crippen LogP contribution in [0.15, 0.2) is 0 Å². The maximum absolute atomic E-state index is 2.76. The maximum atomic E-state index is 2.76. The van der Waals surface area contributed by atoms with Crippen molar-refractivity contribution in [3.05, 3.63) is 0 Å². The highest BCUT2D eigenvalue weighted by Crippen LogP contribution is 2.55. The first-order chi connectivity index (χ1) is 8.60. The predicted molar refractivity (Wildman–Crippen MR) is 74.5 cm³/mol. The van der Waals surface area contributed by atoms with Gasteiger partial charge in [-0.15, -0.1) is 0 Å². The van der Waals surface area contributed by atoms with Crippen molar-refractivity contribution < 1.29 is 0 Å². The van der Waals surface area contributed by atoms with Gasteiger partial charge < -0.3 is 9.80 Å². The van der Waals surface area contributed by atoms with Gasteiger partial charge in [-0.2, -0.15) is 0 Å². The van der Waals surface area contributed by atoms with Crippen LogP contribution >= 0.6 is 0 Å². The summed E-state index contributed by atoms with van der Waals surface area (Å²) in [4.78, 5) is 5.24. The Hall–Kier alpha value is -0.0800. The average Bonchev–Trinajstić information content (AvgIpc) is 2.13. The van der Waals surface area contributed by atoms with Crippen molar-refractivity contribution in [1.82, 2.24) is 9.80 Å². The van der Waals surface area contributed by atoms with Crippen LogP contribution in [0.5, 0.6) is 0 Å². The van der Waals surface area contributed by atoms with Gasteiger partial charge in [0.1, 0.15) is 0 Å². The van der Waals surface area contributed by atoms with Crippen molar-refractivity contribution in [2.24, 2.45) is 22.7 Å². The molecule has 2 aliphatic carbocycles. The Morgan fingerprint density at radius 2 is 1.44 bits per heavy atom. The Labute approximate surface area is 112 Å². The molecule has 2 heteroatoms. The third-order valence-corrected chi connectivity index (χ3v) is 6.31. The molecule has 2 heterocycles.